The van der Waals surface area contributed by atoms with E-state index >= 15 is 0 Å². The standard InChI is InChI=1S/C43H47N11O5/c1-43(2,59)35-21-36-28(20-37(35)46-40(56)38-12-11-34-19-27(22-44)23-45-54(34)38)26-53(48-36)33-9-5-30(6-10-33)49-15-17-50(18-16-49)41(57)29-24-51(25-29)31-3-7-32(8-4-31)52-14-13-39(55)47-42(52)58/h3-4,7-8,11-12,19-21,23,26,29-30,33,59H,5-6,9-10,13-18,24-25H2,1-2H3,(H,46,56)(H,47,55,58)/t30-,33-. The maximum atomic E-state index is 13.5. The van der Waals surface area contributed by atoms with Gasteiger partial charge in [0.05, 0.1) is 40.4 Å². The molecule has 0 spiro atoms. The second-order valence-electron chi connectivity index (χ2n) is 16.7. The molecular formula is C43H47N11O5. The van der Waals surface area contributed by atoms with Crippen LogP contribution in [0, 0.1) is 17.2 Å². The zero-order valence-electron chi connectivity index (χ0n) is 33.2. The van der Waals surface area contributed by atoms with Crippen molar-refractivity contribution < 1.29 is 24.3 Å². The summed E-state index contributed by atoms with van der Waals surface area (Å²) in [6.45, 7) is 8.28. The van der Waals surface area contributed by atoms with Crippen LogP contribution in [0.4, 0.5) is 21.9 Å². The highest BCUT2D eigenvalue weighted by atomic mass is 16.3. The number of rotatable bonds is 8. The first-order chi connectivity index (χ1) is 28.4. The summed E-state index contributed by atoms with van der Waals surface area (Å²) in [5.41, 5.74) is 3.65. The van der Waals surface area contributed by atoms with Gasteiger partial charge in [-0.05, 0) is 94.1 Å². The number of nitrogens with zero attached hydrogens (tertiary/aromatic N) is 9. The molecule has 0 bridgehead atoms. The van der Waals surface area contributed by atoms with Crippen LogP contribution >= 0.6 is 0 Å². The molecule has 2 aromatic carbocycles. The first kappa shape index (κ1) is 38.2. The molecule has 304 valence electrons. The summed E-state index contributed by atoms with van der Waals surface area (Å²) in [5, 5.41) is 35.8. The molecule has 5 aromatic rings. The molecule has 3 saturated heterocycles. The minimum Gasteiger partial charge on any atom is -0.386 e. The quantitative estimate of drug-likeness (QED) is 0.205. The Balaban J connectivity index is 0.770. The number of imide groups is 1. The van der Waals surface area contributed by atoms with Crippen molar-refractivity contribution >= 4 is 57.2 Å². The minimum atomic E-state index is -1.25. The summed E-state index contributed by atoms with van der Waals surface area (Å²) in [5.74, 6) is -0.439. The van der Waals surface area contributed by atoms with E-state index in [-0.39, 0.29) is 36.1 Å². The Hall–Kier alpha value is -6.31. The van der Waals surface area contributed by atoms with Crippen LogP contribution in [0.25, 0.3) is 16.4 Å². The maximum absolute atomic E-state index is 13.5. The van der Waals surface area contributed by atoms with Gasteiger partial charge in [0.25, 0.3) is 5.91 Å². The molecule has 0 atom stereocenters. The number of nitriles is 1. The molecule has 9 rings (SSSR count). The molecule has 4 fully saturated rings. The molecule has 3 aromatic heterocycles. The van der Waals surface area contributed by atoms with Crippen molar-refractivity contribution in [3.8, 4) is 6.07 Å². The van der Waals surface area contributed by atoms with Crippen LogP contribution in [-0.2, 0) is 15.2 Å². The Morgan fingerprint density at radius 1 is 0.915 bits per heavy atom. The fourth-order valence-corrected chi connectivity index (χ4v) is 9.06. The van der Waals surface area contributed by atoms with Gasteiger partial charge in [-0.1, -0.05) is 0 Å². The lowest BCUT2D eigenvalue weighted by Gasteiger charge is -2.45. The number of carbonyl (C=O) groups is 4. The number of hydrogen-bond acceptors (Lipinski definition) is 10. The van der Waals surface area contributed by atoms with Crippen LogP contribution in [-0.4, -0.2) is 110 Å². The molecule has 1 saturated carbocycles. The van der Waals surface area contributed by atoms with Crippen molar-refractivity contribution in [2.45, 2.75) is 63.6 Å². The minimum absolute atomic E-state index is 0.0243. The van der Waals surface area contributed by atoms with Crippen molar-refractivity contribution in [3.63, 3.8) is 0 Å². The first-order valence-electron chi connectivity index (χ1n) is 20.4. The van der Waals surface area contributed by atoms with Crippen LogP contribution in [0.1, 0.15) is 73.6 Å². The van der Waals surface area contributed by atoms with Crippen molar-refractivity contribution in [2.24, 2.45) is 5.92 Å². The highest BCUT2D eigenvalue weighted by molar-refractivity contribution is 6.06. The molecule has 0 unspecified atom stereocenters. The Kier molecular flexibility index (Phi) is 9.80. The van der Waals surface area contributed by atoms with E-state index in [1.165, 1.54) is 10.7 Å². The van der Waals surface area contributed by atoms with Gasteiger partial charge in [0, 0.05) is 92.5 Å². The predicted molar refractivity (Wildman–Crippen MR) is 220 cm³/mol. The Bertz CT molecular complexity index is 2490. The SMILES string of the molecule is CC(C)(O)c1cc2nn([C@H]3CC[C@H](N4CCN(C(=O)C5CN(c6ccc(N7CCC(=O)NC7=O)cc6)C5)CC4)CC3)cc2cc1NC(=O)c1ccc2cc(C#N)cnn12. The number of urea groups is 1. The normalized spacial score (nSPS) is 20.7. The lowest BCUT2D eigenvalue weighted by Crippen LogP contribution is -2.59. The van der Waals surface area contributed by atoms with Gasteiger partial charge in [0.15, 0.2) is 0 Å². The molecule has 3 N–H and O–H groups in total. The highest BCUT2D eigenvalue weighted by Gasteiger charge is 2.38. The van der Waals surface area contributed by atoms with Crippen LogP contribution in [0.2, 0.25) is 0 Å². The third kappa shape index (κ3) is 7.47. The summed E-state index contributed by atoms with van der Waals surface area (Å²) in [7, 11) is 0. The van der Waals surface area contributed by atoms with E-state index in [9.17, 15) is 29.5 Å². The number of benzene rings is 2. The van der Waals surface area contributed by atoms with E-state index < -0.39 is 11.6 Å². The van der Waals surface area contributed by atoms with Gasteiger partial charge in [-0.15, -0.1) is 0 Å². The molecule has 5 amide bonds. The average Bonchev–Trinajstić information content (AvgIpc) is 3.84. The van der Waals surface area contributed by atoms with Crippen molar-refractivity contribution in [1.82, 2.24) is 34.5 Å². The van der Waals surface area contributed by atoms with E-state index in [1.54, 1.807) is 36.9 Å². The molecule has 1 aliphatic carbocycles. The van der Waals surface area contributed by atoms with Crippen molar-refractivity contribution in [2.75, 3.05) is 60.9 Å². The molecule has 0 radical (unpaired) electrons. The van der Waals surface area contributed by atoms with Crippen LogP contribution in [0.5, 0.6) is 0 Å². The Labute approximate surface area is 340 Å². The topological polar surface area (TPSA) is 184 Å². The Morgan fingerprint density at radius 3 is 2.32 bits per heavy atom. The summed E-state index contributed by atoms with van der Waals surface area (Å²) >= 11 is 0. The van der Waals surface area contributed by atoms with Crippen LogP contribution < -0.4 is 20.4 Å². The number of amides is 5. The molecule has 6 heterocycles. The zero-order valence-corrected chi connectivity index (χ0v) is 33.2. The van der Waals surface area contributed by atoms with Gasteiger partial charge < -0.3 is 20.2 Å². The summed E-state index contributed by atoms with van der Waals surface area (Å²) in [6, 6.07) is 18.9. The largest absolute Gasteiger partial charge is 0.386 e. The fourth-order valence-electron chi connectivity index (χ4n) is 9.06. The van der Waals surface area contributed by atoms with Gasteiger partial charge in [-0.2, -0.15) is 15.5 Å². The maximum Gasteiger partial charge on any atom is 0.328 e. The van der Waals surface area contributed by atoms with Gasteiger partial charge in [0.2, 0.25) is 11.8 Å². The summed E-state index contributed by atoms with van der Waals surface area (Å²) < 4.78 is 3.53. The molecule has 16 nitrogen and oxygen atoms in total. The summed E-state index contributed by atoms with van der Waals surface area (Å²) in [6.07, 6.45) is 7.77. The van der Waals surface area contributed by atoms with Crippen molar-refractivity contribution in [1.29, 1.82) is 5.26 Å². The van der Waals surface area contributed by atoms with Gasteiger partial charge in [-0.25, -0.2) is 9.31 Å². The summed E-state index contributed by atoms with van der Waals surface area (Å²) in [4.78, 5) is 59.0. The number of carbonyl (C=O) groups excluding carboxylic acids is 4. The average molecular weight is 798 g/mol. The number of fused-ring (bicyclic) bond motifs is 2. The smallest absolute Gasteiger partial charge is 0.328 e. The Morgan fingerprint density at radius 2 is 1.63 bits per heavy atom. The van der Waals surface area contributed by atoms with E-state index in [4.69, 9.17) is 5.10 Å². The number of anilines is 3. The van der Waals surface area contributed by atoms with E-state index in [0.717, 1.165) is 74.1 Å². The lowest BCUT2D eigenvalue weighted by molar-refractivity contribution is -0.138. The number of aliphatic hydroxyl groups is 1. The lowest BCUT2D eigenvalue weighted by atomic mass is 9.89. The van der Waals surface area contributed by atoms with Gasteiger partial charge in [0.1, 0.15) is 11.8 Å². The number of piperazine rings is 1. The molecule has 59 heavy (non-hydrogen) atoms. The first-order valence-corrected chi connectivity index (χ1v) is 20.4. The van der Waals surface area contributed by atoms with Crippen LogP contribution in [0.3, 0.4) is 0 Å². The van der Waals surface area contributed by atoms with Gasteiger partial charge >= 0.3 is 6.03 Å². The predicted octanol–water partition coefficient (Wildman–Crippen LogP) is 4.25. The monoisotopic (exact) mass is 797 g/mol. The fraction of sp³-hybridized carbons (Fsp3) is 0.419. The van der Waals surface area contributed by atoms with Crippen LogP contribution in [0.15, 0.2) is 67.0 Å². The van der Waals surface area contributed by atoms with E-state index in [2.05, 4.69) is 31.6 Å². The number of aromatic nitrogens is 4. The second-order valence-corrected chi connectivity index (χ2v) is 16.7. The molecular weight excluding hydrogens is 751 g/mol. The van der Waals surface area contributed by atoms with E-state index in [0.29, 0.717) is 53.7 Å². The molecule has 4 aliphatic rings. The highest BCUT2D eigenvalue weighted by Crippen LogP contribution is 2.36. The zero-order chi connectivity index (χ0) is 41.0. The third-order valence-electron chi connectivity index (χ3n) is 12.4. The van der Waals surface area contributed by atoms with E-state index in [1.807, 2.05) is 52.2 Å². The molecule has 3 aliphatic heterocycles. The second kappa shape index (κ2) is 15.1. The van der Waals surface area contributed by atoms with Crippen molar-refractivity contribution in [3.05, 3.63) is 83.8 Å². The number of nitrogens with one attached hydrogen (secondary N) is 2. The van der Waals surface area contributed by atoms with Gasteiger partial charge in [-0.3, -0.25) is 34.2 Å². The third-order valence-corrected chi connectivity index (χ3v) is 12.4. The molecule has 16 heteroatoms. The number of hydrogen-bond donors (Lipinski definition) is 3.